The summed E-state index contributed by atoms with van der Waals surface area (Å²) in [6.07, 6.45) is 8.81. The second-order valence-electron chi connectivity index (χ2n) is 4.99. The first-order valence-corrected chi connectivity index (χ1v) is 6.14. The van der Waals surface area contributed by atoms with Crippen molar-refractivity contribution in [1.82, 2.24) is 0 Å². The Hall–Kier alpha value is -1.04. The molecule has 3 rings (SSSR count). The zero-order valence-corrected chi connectivity index (χ0v) is 9.32. The highest BCUT2D eigenvalue weighted by Crippen LogP contribution is 2.48. The molecular weight excluding hydrogens is 180 g/mol. The number of aryl methyl sites for hydroxylation is 1. The van der Waals surface area contributed by atoms with E-state index in [9.17, 15) is 0 Å². The lowest BCUT2D eigenvalue weighted by Gasteiger charge is -2.19. The number of allylic oxidation sites excluding steroid dienone is 2. The van der Waals surface area contributed by atoms with Gasteiger partial charge in [-0.15, -0.1) is 0 Å². The topological polar surface area (TPSA) is 0 Å². The Bertz CT molecular complexity index is 389. The maximum atomic E-state index is 2.44. The largest absolute Gasteiger partial charge is 0.0851 e. The van der Waals surface area contributed by atoms with Crippen molar-refractivity contribution in [1.29, 1.82) is 0 Å². The Morgan fingerprint density at radius 1 is 1.20 bits per heavy atom. The molecule has 78 valence electrons. The van der Waals surface area contributed by atoms with E-state index >= 15 is 0 Å². The molecule has 1 aromatic carbocycles. The summed E-state index contributed by atoms with van der Waals surface area (Å²) >= 11 is 0. The molecule has 1 saturated carbocycles. The first-order valence-electron chi connectivity index (χ1n) is 6.14. The summed E-state index contributed by atoms with van der Waals surface area (Å²) in [7, 11) is 0. The van der Waals surface area contributed by atoms with E-state index in [-0.39, 0.29) is 0 Å². The standard InChI is InChI=1S/C15H18/c1-2-11-4-3-5-13(8-11)15-10-12-6-7-14(15)9-12/h3-8,12,14-15H,2,9-10H2,1H3. The summed E-state index contributed by atoms with van der Waals surface area (Å²) in [5.74, 6) is 2.53. The summed E-state index contributed by atoms with van der Waals surface area (Å²) in [4.78, 5) is 0. The molecule has 0 heteroatoms. The van der Waals surface area contributed by atoms with Gasteiger partial charge < -0.3 is 0 Å². The Morgan fingerprint density at radius 3 is 2.80 bits per heavy atom. The fourth-order valence-electron chi connectivity index (χ4n) is 3.21. The van der Waals surface area contributed by atoms with Gasteiger partial charge in [-0.1, -0.05) is 43.3 Å². The third kappa shape index (κ3) is 1.52. The summed E-state index contributed by atoms with van der Waals surface area (Å²) in [5.41, 5.74) is 3.06. The molecule has 15 heavy (non-hydrogen) atoms. The van der Waals surface area contributed by atoms with E-state index in [0.717, 1.165) is 24.2 Å². The molecular formula is C15H18. The molecule has 2 bridgehead atoms. The molecule has 2 aliphatic rings. The molecule has 0 aliphatic heterocycles. The van der Waals surface area contributed by atoms with E-state index in [1.165, 1.54) is 18.4 Å². The van der Waals surface area contributed by atoms with Crippen molar-refractivity contribution in [2.24, 2.45) is 11.8 Å². The minimum Gasteiger partial charge on any atom is -0.0851 e. The Labute approximate surface area is 92.0 Å². The van der Waals surface area contributed by atoms with Gasteiger partial charge in [-0.3, -0.25) is 0 Å². The van der Waals surface area contributed by atoms with Crippen LogP contribution in [0.3, 0.4) is 0 Å². The molecule has 3 atom stereocenters. The molecule has 0 amide bonds. The van der Waals surface area contributed by atoms with Crippen molar-refractivity contribution in [3.8, 4) is 0 Å². The lowest BCUT2D eigenvalue weighted by Crippen LogP contribution is -2.05. The van der Waals surface area contributed by atoms with Crippen LogP contribution >= 0.6 is 0 Å². The van der Waals surface area contributed by atoms with E-state index in [4.69, 9.17) is 0 Å². The van der Waals surface area contributed by atoms with Crippen LogP contribution in [-0.2, 0) is 6.42 Å². The van der Waals surface area contributed by atoms with Crippen LogP contribution in [-0.4, -0.2) is 0 Å². The maximum absolute atomic E-state index is 2.44. The van der Waals surface area contributed by atoms with E-state index in [1.54, 1.807) is 5.56 Å². The summed E-state index contributed by atoms with van der Waals surface area (Å²) < 4.78 is 0. The van der Waals surface area contributed by atoms with E-state index in [1.807, 2.05) is 0 Å². The van der Waals surface area contributed by atoms with E-state index in [0.29, 0.717) is 0 Å². The van der Waals surface area contributed by atoms with Crippen LogP contribution < -0.4 is 0 Å². The number of benzene rings is 1. The third-order valence-corrected chi connectivity index (χ3v) is 4.07. The van der Waals surface area contributed by atoms with Gasteiger partial charge in [0.2, 0.25) is 0 Å². The molecule has 0 nitrogen and oxygen atoms in total. The summed E-state index contributed by atoms with van der Waals surface area (Å²) in [5, 5.41) is 0. The highest BCUT2D eigenvalue weighted by atomic mass is 14.4. The lowest BCUT2D eigenvalue weighted by molar-refractivity contribution is 0.585. The van der Waals surface area contributed by atoms with Gasteiger partial charge in [-0.05, 0) is 48.1 Å². The highest BCUT2D eigenvalue weighted by molar-refractivity contribution is 5.31. The van der Waals surface area contributed by atoms with Crippen molar-refractivity contribution in [2.45, 2.75) is 32.1 Å². The molecule has 0 saturated heterocycles. The average Bonchev–Trinajstić information content (AvgIpc) is 2.91. The molecule has 0 aromatic heterocycles. The molecule has 2 aliphatic carbocycles. The fraction of sp³-hybridized carbons (Fsp3) is 0.467. The minimum absolute atomic E-state index is 0.812. The van der Waals surface area contributed by atoms with Gasteiger partial charge >= 0.3 is 0 Å². The number of fused-ring (bicyclic) bond motifs is 2. The molecule has 0 heterocycles. The van der Waals surface area contributed by atoms with Crippen LogP contribution in [0.1, 0.15) is 36.8 Å². The first kappa shape index (κ1) is 9.21. The monoisotopic (exact) mass is 198 g/mol. The predicted molar refractivity (Wildman–Crippen MR) is 63.9 cm³/mol. The van der Waals surface area contributed by atoms with Crippen LogP contribution in [0.25, 0.3) is 0 Å². The lowest BCUT2D eigenvalue weighted by atomic mass is 9.86. The van der Waals surface area contributed by atoms with Crippen LogP contribution in [0.4, 0.5) is 0 Å². The molecule has 0 radical (unpaired) electrons. The van der Waals surface area contributed by atoms with Gasteiger partial charge in [0.05, 0.1) is 0 Å². The molecule has 0 spiro atoms. The SMILES string of the molecule is CCc1cccc(C2CC3C=CC2C3)c1. The van der Waals surface area contributed by atoms with Gasteiger partial charge in [-0.2, -0.15) is 0 Å². The van der Waals surface area contributed by atoms with Crippen molar-refractivity contribution in [3.05, 3.63) is 47.5 Å². The number of hydrogen-bond donors (Lipinski definition) is 0. The highest BCUT2D eigenvalue weighted by Gasteiger charge is 2.36. The van der Waals surface area contributed by atoms with Crippen molar-refractivity contribution in [3.63, 3.8) is 0 Å². The van der Waals surface area contributed by atoms with E-state index < -0.39 is 0 Å². The Balaban J connectivity index is 1.90. The van der Waals surface area contributed by atoms with Gasteiger partial charge in [0.1, 0.15) is 0 Å². The maximum Gasteiger partial charge on any atom is -0.00931 e. The van der Waals surface area contributed by atoms with Crippen molar-refractivity contribution in [2.75, 3.05) is 0 Å². The second-order valence-corrected chi connectivity index (χ2v) is 4.99. The van der Waals surface area contributed by atoms with Crippen LogP contribution in [0, 0.1) is 11.8 Å². The molecule has 1 aromatic rings. The van der Waals surface area contributed by atoms with E-state index in [2.05, 4.69) is 43.3 Å². The fourth-order valence-corrected chi connectivity index (χ4v) is 3.21. The van der Waals surface area contributed by atoms with Crippen LogP contribution in [0.2, 0.25) is 0 Å². The number of hydrogen-bond acceptors (Lipinski definition) is 0. The van der Waals surface area contributed by atoms with Crippen molar-refractivity contribution < 1.29 is 0 Å². The zero-order chi connectivity index (χ0) is 10.3. The number of rotatable bonds is 2. The van der Waals surface area contributed by atoms with Gasteiger partial charge in [0.25, 0.3) is 0 Å². The quantitative estimate of drug-likeness (QED) is 0.632. The Morgan fingerprint density at radius 2 is 2.13 bits per heavy atom. The van der Waals surface area contributed by atoms with Gasteiger partial charge in [-0.25, -0.2) is 0 Å². The smallest absolute Gasteiger partial charge is 0.00931 e. The summed E-state index contributed by atoms with van der Waals surface area (Å²) in [6, 6.07) is 9.20. The van der Waals surface area contributed by atoms with Gasteiger partial charge in [0.15, 0.2) is 0 Å². The molecule has 3 unspecified atom stereocenters. The average molecular weight is 198 g/mol. The third-order valence-electron chi connectivity index (χ3n) is 4.07. The molecule has 0 N–H and O–H groups in total. The summed E-state index contributed by atoms with van der Waals surface area (Å²) in [6.45, 7) is 2.24. The van der Waals surface area contributed by atoms with Crippen LogP contribution in [0.5, 0.6) is 0 Å². The second kappa shape index (κ2) is 3.52. The minimum atomic E-state index is 0.812. The Kier molecular flexibility index (Phi) is 2.16. The van der Waals surface area contributed by atoms with Crippen LogP contribution in [0.15, 0.2) is 36.4 Å². The predicted octanol–water partition coefficient (Wildman–Crippen LogP) is 3.93. The molecule has 1 fully saturated rings. The zero-order valence-electron chi connectivity index (χ0n) is 9.32. The van der Waals surface area contributed by atoms with Gasteiger partial charge in [0, 0.05) is 0 Å². The van der Waals surface area contributed by atoms with Crippen molar-refractivity contribution >= 4 is 0 Å². The normalized spacial score (nSPS) is 32.5. The first-order chi connectivity index (χ1) is 7.36.